The lowest BCUT2D eigenvalue weighted by Gasteiger charge is -2.12. The molecule has 2 atom stereocenters. The van der Waals surface area contributed by atoms with Crippen LogP contribution in [0, 0.1) is 23.7 Å². The fourth-order valence-corrected chi connectivity index (χ4v) is 0.577. The van der Waals surface area contributed by atoms with E-state index in [1.165, 1.54) is 6.92 Å². The van der Waals surface area contributed by atoms with Crippen molar-refractivity contribution < 1.29 is 8.78 Å². The maximum absolute atomic E-state index is 11.9. The van der Waals surface area contributed by atoms with Gasteiger partial charge in [0, 0.05) is 11.8 Å². The van der Waals surface area contributed by atoms with Gasteiger partial charge in [-0.15, -0.1) is 11.8 Å². The number of hydrogen-bond donors (Lipinski definition) is 0. The molecule has 0 bridgehead atoms. The lowest BCUT2D eigenvalue weighted by Crippen LogP contribution is -2.14. The Labute approximate surface area is 60.6 Å². The molecule has 10 heavy (non-hydrogen) atoms. The third-order valence-corrected chi connectivity index (χ3v) is 1.56. The Hall–Kier alpha value is -0.580. The lowest BCUT2D eigenvalue weighted by molar-refractivity contribution is 0.0706. The van der Waals surface area contributed by atoms with Crippen LogP contribution in [0.4, 0.5) is 8.78 Å². The second kappa shape index (κ2) is 4.27. The molecule has 0 rings (SSSR count). The van der Waals surface area contributed by atoms with E-state index in [1.54, 1.807) is 13.8 Å². The predicted octanol–water partition coefficient (Wildman–Crippen LogP) is 2.55. The molecule has 0 aromatic heterocycles. The molecule has 0 radical (unpaired) electrons. The van der Waals surface area contributed by atoms with Crippen LogP contribution in [-0.2, 0) is 0 Å². The van der Waals surface area contributed by atoms with Gasteiger partial charge in [-0.2, -0.15) is 0 Å². The molecule has 0 nitrogen and oxygen atoms in total. The average Bonchev–Trinajstić information content (AvgIpc) is 1.87. The minimum atomic E-state index is -2.25. The fraction of sp³-hybridized carbons (Fsp3) is 0.750. The highest BCUT2D eigenvalue weighted by Gasteiger charge is 2.19. The molecule has 0 aromatic rings. The van der Waals surface area contributed by atoms with E-state index in [0.717, 1.165) is 0 Å². The van der Waals surface area contributed by atoms with Crippen molar-refractivity contribution in [3.8, 4) is 11.8 Å². The van der Waals surface area contributed by atoms with Crippen LogP contribution < -0.4 is 0 Å². The maximum atomic E-state index is 11.9. The second-order valence-electron chi connectivity index (χ2n) is 2.38. The first kappa shape index (κ1) is 9.42. The minimum absolute atomic E-state index is 0.204. The van der Waals surface area contributed by atoms with E-state index in [1.807, 2.05) is 0 Å². The number of halogens is 2. The van der Waals surface area contributed by atoms with Gasteiger partial charge in [-0.25, -0.2) is 8.78 Å². The third-order valence-electron chi connectivity index (χ3n) is 1.56. The van der Waals surface area contributed by atoms with Crippen LogP contribution in [0.3, 0.4) is 0 Å². The van der Waals surface area contributed by atoms with Crippen molar-refractivity contribution in [2.24, 2.45) is 11.8 Å². The Morgan fingerprint density at radius 1 is 1.20 bits per heavy atom. The van der Waals surface area contributed by atoms with E-state index >= 15 is 0 Å². The second-order valence-corrected chi connectivity index (χ2v) is 2.38. The molecular formula is C8H12F2. The van der Waals surface area contributed by atoms with Crippen molar-refractivity contribution in [3.05, 3.63) is 0 Å². The minimum Gasteiger partial charge on any atom is -0.210 e. The van der Waals surface area contributed by atoms with Crippen LogP contribution in [0.25, 0.3) is 0 Å². The summed E-state index contributed by atoms with van der Waals surface area (Å²) < 4.78 is 23.9. The monoisotopic (exact) mass is 146 g/mol. The number of hydrogen-bond acceptors (Lipinski definition) is 0. The molecule has 0 aliphatic rings. The first-order valence-electron chi connectivity index (χ1n) is 3.30. The summed E-state index contributed by atoms with van der Waals surface area (Å²) in [5.41, 5.74) is 0. The first-order chi connectivity index (χ1) is 4.59. The van der Waals surface area contributed by atoms with E-state index in [9.17, 15) is 8.78 Å². The standard InChI is InChI=1S/C8H12F2/c1-4-5-6(2)7(3)8(9)10/h6-8H,1-3H3. The van der Waals surface area contributed by atoms with Crippen LogP contribution in [0.2, 0.25) is 0 Å². The van der Waals surface area contributed by atoms with E-state index in [0.29, 0.717) is 0 Å². The molecule has 58 valence electrons. The normalized spacial score (nSPS) is 15.8. The summed E-state index contributed by atoms with van der Waals surface area (Å²) in [5.74, 6) is 4.49. The van der Waals surface area contributed by atoms with Gasteiger partial charge in [-0.1, -0.05) is 13.8 Å². The van der Waals surface area contributed by atoms with E-state index in [2.05, 4.69) is 11.8 Å². The molecule has 0 aliphatic heterocycles. The Balaban J connectivity index is 3.89. The topological polar surface area (TPSA) is 0 Å². The molecule has 0 amide bonds. The van der Waals surface area contributed by atoms with E-state index in [4.69, 9.17) is 0 Å². The van der Waals surface area contributed by atoms with Gasteiger partial charge in [0.15, 0.2) is 0 Å². The summed E-state index contributed by atoms with van der Waals surface area (Å²) in [5, 5.41) is 0. The smallest absolute Gasteiger partial charge is 0.210 e. The summed E-state index contributed by atoms with van der Waals surface area (Å²) in [6.07, 6.45) is -2.25. The van der Waals surface area contributed by atoms with Gasteiger partial charge in [0.05, 0.1) is 0 Å². The Morgan fingerprint density at radius 3 is 2.00 bits per heavy atom. The highest BCUT2D eigenvalue weighted by molar-refractivity contribution is 5.01. The predicted molar refractivity (Wildman–Crippen MR) is 37.8 cm³/mol. The molecule has 0 spiro atoms. The lowest BCUT2D eigenvalue weighted by atomic mass is 9.97. The molecule has 0 aromatic carbocycles. The molecule has 0 N–H and O–H groups in total. The highest BCUT2D eigenvalue weighted by Crippen LogP contribution is 2.17. The number of alkyl halides is 2. The average molecular weight is 146 g/mol. The molecule has 0 fully saturated rings. The van der Waals surface area contributed by atoms with Crippen molar-refractivity contribution in [2.45, 2.75) is 27.2 Å². The van der Waals surface area contributed by atoms with Gasteiger partial charge in [0.1, 0.15) is 0 Å². The van der Waals surface area contributed by atoms with Crippen molar-refractivity contribution in [3.63, 3.8) is 0 Å². The van der Waals surface area contributed by atoms with Crippen molar-refractivity contribution in [1.29, 1.82) is 0 Å². The Morgan fingerprint density at radius 2 is 1.70 bits per heavy atom. The number of rotatable bonds is 2. The quantitative estimate of drug-likeness (QED) is 0.525. The molecule has 2 heteroatoms. The van der Waals surface area contributed by atoms with Gasteiger partial charge in [-0.05, 0) is 6.92 Å². The van der Waals surface area contributed by atoms with E-state index < -0.39 is 12.3 Å². The van der Waals surface area contributed by atoms with Crippen molar-refractivity contribution in [2.75, 3.05) is 0 Å². The zero-order chi connectivity index (χ0) is 8.15. The van der Waals surface area contributed by atoms with Crippen LogP contribution >= 0.6 is 0 Å². The fourth-order valence-electron chi connectivity index (χ4n) is 0.577. The van der Waals surface area contributed by atoms with Crippen LogP contribution in [-0.4, -0.2) is 6.43 Å². The van der Waals surface area contributed by atoms with Gasteiger partial charge < -0.3 is 0 Å². The SMILES string of the molecule is CC#CC(C)C(C)C(F)F. The summed E-state index contributed by atoms with van der Waals surface area (Å²) >= 11 is 0. The molecular weight excluding hydrogens is 134 g/mol. The third kappa shape index (κ3) is 2.82. The summed E-state index contributed by atoms with van der Waals surface area (Å²) in [7, 11) is 0. The van der Waals surface area contributed by atoms with Crippen LogP contribution in [0.1, 0.15) is 20.8 Å². The van der Waals surface area contributed by atoms with Gasteiger partial charge in [0.25, 0.3) is 0 Å². The van der Waals surface area contributed by atoms with Gasteiger partial charge in [-0.3, -0.25) is 0 Å². The maximum Gasteiger partial charge on any atom is 0.242 e. The molecule has 0 saturated heterocycles. The molecule has 0 saturated carbocycles. The first-order valence-corrected chi connectivity index (χ1v) is 3.30. The van der Waals surface area contributed by atoms with Crippen LogP contribution in [0.5, 0.6) is 0 Å². The molecule has 2 unspecified atom stereocenters. The van der Waals surface area contributed by atoms with Gasteiger partial charge in [0.2, 0.25) is 6.43 Å². The van der Waals surface area contributed by atoms with Crippen molar-refractivity contribution in [1.82, 2.24) is 0 Å². The Kier molecular flexibility index (Phi) is 4.02. The van der Waals surface area contributed by atoms with Gasteiger partial charge >= 0.3 is 0 Å². The summed E-state index contributed by atoms with van der Waals surface area (Å²) in [6, 6.07) is 0. The van der Waals surface area contributed by atoms with Crippen LogP contribution in [0.15, 0.2) is 0 Å². The highest BCUT2D eigenvalue weighted by atomic mass is 19.3. The molecule has 0 aliphatic carbocycles. The summed E-state index contributed by atoms with van der Waals surface area (Å²) in [4.78, 5) is 0. The largest absolute Gasteiger partial charge is 0.242 e. The van der Waals surface area contributed by atoms with E-state index in [-0.39, 0.29) is 5.92 Å². The Bertz CT molecular complexity index is 141. The van der Waals surface area contributed by atoms with Crippen molar-refractivity contribution >= 4 is 0 Å². The summed E-state index contributed by atoms with van der Waals surface area (Å²) in [6.45, 7) is 4.89. The molecule has 0 heterocycles. The zero-order valence-corrected chi connectivity index (χ0v) is 6.49. The zero-order valence-electron chi connectivity index (χ0n) is 6.49.